The van der Waals surface area contributed by atoms with Crippen molar-refractivity contribution in [1.82, 2.24) is 10.3 Å². The SMILES string of the molecule is NCCOCCCNC(=O)c1cc2ccc(-c3ccc(F)cc3)cc2[nH]1. The van der Waals surface area contributed by atoms with Gasteiger partial charge in [-0.1, -0.05) is 24.3 Å². The van der Waals surface area contributed by atoms with Gasteiger partial charge in [-0.25, -0.2) is 4.39 Å². The second kappa shape index (κ2) is 8.60. The van der Waals surface area contributed by atoms with Crippen LogP contribution in [0.25, 0.3) is 22.0 Å². The first-order valence-electron chi connectivity index (χ1n) is 8.62. The number of hydrogen-bond acceptors (Lipinski definition) is 3. The number of carbonyl (C=O) groups is 1. The normalized spacial score (nSPS) is 11.0. The van der Waals surface area contributed by atoms with Crippen LogP contribution in [0, 0.1) is 5.82 Å². The van der Waals surface area contributed by atoms with E-state index >= 15 is 0 Å². The lowest BCUT2D eigenvalue weighted by Gasteiger charge is -2.04. The van der Waals surface area contributed by atoms with E-state index in [1.54, 1.807) is 12.1 Å². The van der Waals surface area contributed by atoms with Gasteiger partial charge >= 0.3 is 0 Å². The van der Waals surface area contributed by atoms with Crippen molar-refractivity contribution in [3.63, 3.8) is 0 Å². The van der Waals surface area contributed by atoms with Crippen LogP contribution in [0.3, 0.4) is 0 Å². The Morgan fingerprint density at radius 2 is 1.85 bits per heavy atom. The van der Waals surface area contributed by atoms with Gasteiger partial charge in [0.2, 0.25) is 0 Å². The number of H-pyrrole nitrogens is 1. The van der Waals surface area contributed by atoms with Crippen LogP contribution < -0.4 is 11.1 Å². The van der Waals surface area contributed by atoms with Gasteiger partial charge in [-0.3, -0.25) is 4.79 Å². The number of amides is 1. The molecule has 3 rings (SSSR count). The average molecular weight is 355 g/mol. The first-order chi connectivity index (χ1) is 12.7. The summed E-state index contributed by atoms with van der Waals surface area (Å²) < 4.78 is 18.3. The summed E-state index contributed by atoms with van der Waals surface area (Å²) in [5.74, 6) is -0.412. The molecular weight excluding hydrogens is 333 g/mol. The zero-order chi connectivity index (χ0) is 18.4. The Bertz CT molecular complexity index is 874. The topological polar surface area (TPSA) is 80.1 Å². The van der Waals surface area contributed by atoms with Gasteiger partial charge in [0, 0.05) is 30.6 Å². The quantitative estimate of drug-likeness (QED) is 0.543. The van der Waals surface area contributed by atoms with Gasteiger partial charge in [-0.15, -0.1) is 0 Å². The predicted molar refractivity (Wildman–Crippen MR) is 101 cm³/mol. The summed E-state index contributed by atoms with van der Waals surface area (Å²) in [6, 6.07) is 14.0. The average Bonchev–Trinajstić information content (AvgIpc) is 3.08. The minimum absolute atomic E-state index is 0.150. The molecule has 0 spiro atoms. The molecule has 136 valence electrons. The van der Waals surface area contributed by atoms with E-state index in [0.717, 1.165) is 28.5 Å². The number of ether oxygens (including phenoxy) is 1. The molecule has 1 heterocycles. The highest BCUT2D eigenvalue weighted by Gasteiger charge is 2.10. The van der Waals surface area contributed by atoms with E-state index in [1.165, 1.54) is 12.1 Å². The molecule has 0 aliphatic heterocycles. The molecule has 4 N–H and O–H groups in total. The Hall–Kier alpha value is -2.70. The molecule has 3 aromatic rings. The molecule has 1 aromatic heterocycles. The highest BCUT2D eigenvalue weighted by atomic mass is 19.1. The molecule has 0 saturated carbocycles. The summed E-state index contributed by atoms with van der Waals surface area (Å²) in [4.78, 5) is 15.4. The molecule has 0 saturated heterocycles. The van der Waals surface area contributed by atoms with Gasteiger partial charge in [0.05, 0.1) is 6.61 Å². The maximum atomic E-state index is 13.1. The van der Waals surface area contributed by atoms with Crippen molar-refractivity contribution in [3.8, 4) is 11.1 Å². The van der Waals surface area contributed by atoms with Gasteiger partial charge in [-0.2, -0.15) is 0 Å². The van der Waals surface area contributed by atoms with Crippen molar-refractivity contribution in [2.24, 2.45) is 5.73 Å². The van der Waals surface area contributed by atoms with Gasteiger partial charge in [0.25, 0.3) is 5.91 Å². The number of halogens is 1. The summed E-state index contributed by atoms with van der Waals surface area (Å²) in [6.07, 6.45) is 0.737. The largest absolute Gasteiger partial charge is 0.380 e. The Balaban J connectivity index is 1.65. The summed E-state index contributed by atoms with van der Waals surface area (Å²) in [5, 5.41) is 3.82. The number of hydrogen-bond donors (Lipinski definition) is 3. The minimum atomic E-state index is -0.262. The Kier molecular flexibility index (Phi) is 5.99. The highest BCUT2D eigenvalue weighted by molar-refractivity contribution is 5.98. The third-order valence-electron chi connectivity index (χ3n) is 4.06. The van der Waals surface area contributed by atoms with E-state index in [-0.39, 0.29) is 11.7 Å². The first-order valence-corrected chi connectivity index (χ1v) is 8.62. The molecule has 0 aliphatic rings. The number of benzene rings is 2. The minimum Gasteiger partial charge on any atom is -0.380 e. The number of nitrogens with two attached hydrogens (primary N) is 1. The summed E-state index contributed by atoms with van der Waals surface area (Å²) in [5.41, 5.74) is 8.60. The van der Waals surface area contributed by atoms with Gasteiger partial charge < -0.3 is 20.8 Å². The standard InChI is InChI=1S/C20H22FN3O2/c21-17-6-4-14(5-7-17)15-2-3-16-13-19(24-18(16)12-15)20(25)23-9-1-10-26-11-8-22/h2-7,12-13,24H,1,8-11,22H2,(H,23,25). The van der Waals surface area contributed by atoms with Crippen LogP contribution in [-0.4, -0.2) is 37.2 Å². The maximum Gasteiger partial charge on any atom is 0.267 e. The predicted octanol–water partition coefficient (Wildman–Crippen LogP) is 3.07. The summed E-state index contributed by atoms with van der Waals surface area (Å²) in [7, 11) is 0. The zero-order valence-corrected chi connectivity index (χ0v) is 14.4. The van der Waals surface area contributed by atoms with Crippen LogP contribution in [-0.2, 0) is 4.74 Å². The van der Waals surface area contributed by atoms with E-state index < -0.39 is 0 Å². The number of carbonyl (C=O) groups excluding carboxylic acids is 1. The zero-order valence-electron chi connectivity index (χ0n) is 14.4. The van der Waals surface area contributed by atoms with Crippen molar-refractivity contribution < 1.29 is 13.9 Å². The van der Waals surface area contributed by atoms with Crippen LogP contribution in [0.1, 0.15) is 16.9 Å². The van der Waals surface area contributed by atoms with E-state index in [2.05, 4.69) is 10.3 Å². The van der Waals surface area contributed by atoms with Crippen molar-refractivity contribution in [3.05, 3.63) is 60.0 Å². The fraction of sp³-hybridized carbons (Fsp3) is 0.250. The third kappa shape index (κ3) is 4.47. The fourth-order valence-corrected chi connectivity index (χ4v) is 2.73. The van der Waals surface area contributed by atoms with Crippen LogP contribution >= 0.6 is 0 Å². The van der Waals surface area contributed by atoms with Crippen LogP contribution in [0.2, 0.25) is 0 Å². The van der Waals surface area contributed by atoms with Crippen LogP contribution in [0.15, 0.2) is 48.5 Å². The smallest absolute Gasteiger partial charge is 0.267 e. The van der Waals surface area contributed by atoms with Gasteiger partial charge in [0.1, 0.15) is 11.5 Å². The molecule has 1 amide bonds. The molecule has 26 heavy (non-hydrogen) atoms. The summed E-state index contributed by atoms with van der Waals surface area (Å²) >= 11 is 0. The Labute approximate surface area is 151 Å². The lowest BCUT2D eigenvalue weighted by atomic mass is 10.0. The van der Waals surface area contributed by atoms with E-state index in [0.29, 0.717) is 32.0 Å². The number of rotatable bonds is 8. The van der Waals surface area contributed by atoms with Crippen LogP contribution in [0.4, 0.5) is 4.39 Å². The maximum absolute atomic E-state index is 13.1. The molecule has 0 atom stereocenters. The Morgan fingerprint density at radius 1 is 1.08 bits per heavy atom. The lowest BCUT2D eigenvalue weighted by Crippen LogP contribution is -2.25. The number of aromatic nitrogens is 1. The van der Waals surface area contributed by atoms with Crippen molar-refractivity contribution in [1.29, 1.82) is 0 Å². The molecule has 2 aromatic carbocycles. The van der Waals surface area contributed by atoms with Crippen molar-refractivity contribution >= 4 is 16.8 Å². The van der Waals surface area contributed by atoms with E-state index in [4.69, 9.17) is 10.5 Å². The van der Waals surface area contributed by atoms with Gasteiger partial charge in [-0.05, 0) is 41.8 Å². The number of nitrogens with one attached hydrogen (secondary N) is 2. The highest BCUT2D eigenvalue weighted by Crippen LogP contribution is 2.25. The second-order valence-electron chi connectivity index (χ2n) is 6.00. The van der Waals surface area contributed by atoms with E-state index in [9.17, 15) is 9.18 Å². The lowest BCUT2D eigenvalue weighted by molar-refractivity contribution is 0.0939. The van der Waals surface area contributed by atoms with Crippen molar-refractivity contribution in [2.75, 3.05) is 26.3 Å². The summed E-state index contributed by atoms with van der Waals surface area (Å²) in [6.45, 7) is 2.15. The monoisotopic (exact) mass is 355 g/mol. The molecule has 0 radical (unpaired) electrons. The van der Waals surface area contributed by atoms with Crippen LogP contribution in [0.5, 0.6) is 0 Å². The first kappa shape index (κ1) is 18.1. The molecular formula is C20H22FN3O2. The molecule has 0 aliphatic carbocycles. The molecule has 5 nitrogen and oxygen atoms in total. The molecule has 0 bridgehead atoms. The molecule has 6 heteroatoms. The molecule has 0 unspecified atom stereocenters. The van der Waals surface area contributed by atoms with Crippen molar-refractivity contribution in [2.45, 2.75) is 6.42 Å². The number of aromatic amines is 1. The second-order valence-corrected chi connectivity index (χ2v) is 6.00. The van der Waals surface area contributed by atoms with Gasteiger partial charge in [0.15, 0.2) is 0 Å². The fourth-order valence-electron chi connectivity index (χ4n) is 2.73. The van der Waals surface area contributed by atoms with E-state index in [1.807, 2.05) is 24.3 Å². The number of fused-ring (bicyclic) bond motifs is 1. The third-order valence-corrected chi connectivity index (χ3v) is 4.06. The molecule has 0 fully saturated rings. The Morgan fingerprint density at radius 3 is 2.62 bits per heavy atom.